The minimum Gasteiger partial charge on any atom is -0.460 e. The van der Waals surface area contributed by atoms with Gasteiger partial charge in [0.15, 0.2) is 0 Å². The molecule has 0 atom stereocenters. The highest BCUT2D eigenvalue weighted by atomic mass is 16.6. The van der Waals surface area contributed by atoms with Crippen LogP contribution < -0.4 is 0 Å². The first kappa shape index (κ1) is 13.5. The van der Waals surface area contributed by atoms with Gasteiger partial charge in [0, 0.05) is 19.0 Å². The summed E-state index contributed by atoms with van der Waals surface area (Å²) >= 11 is 0. The van der Waals surface area contributed by atoms with Crippen molar-refractivity contribution in [2.75, 3.05) is 20.3 Å². The zero-order valence-electron chi connectivity index (χ0n) is 11.9. The molecule has 0 aliphatic heterocycles. The van der Waals surface area contributed by atoms with Crippen molar-refractivity contribution in [1.82, 2.24) is 14.4 Å². The first-order chi connectivity index (χ1) is 10.2. The van der Waals surface area contributed by atoms with E-state index in [-0.39, 0.29) is 6.61 Å². The molecule has 0 aliphatic rings. The third-order valence-electron chi connectivity index (χ3n) is 3.32. The maximum Gasteiger partial charge on any atom is 0.341 e. The van der Waals surface area contributed by atoms with Crippen molar-refractivity contribution in [2.24, 2.45) is 0 Å². The SMILES string of the molecule is COCCOC(=O)c1cnc2nc3ccccc3n2c1C. The molecular weight excluding hydrogens is 270 g/mol. The van der Waals surface area contributed by atoms with Gasteiger partial charge in [0.2, 0.25) is 5.78 Å². The first-order valence-corrected chi connectivity index (χ1v) is 6.61. The summed E-state index contributed by atoms with van der Waals surface area (Å²) in [6.45, 7) is 2.45. The van der Waals surface area contributed by atoms with E-state index in [0.29, 0.717) is 17.9 Å². The van der Waals surface area contributed by atoms with E-state index in [0.717, 1.165) is 16.7 Å². The van der Waals surface area contributed by atoms with Gasteiger partial charge in [-0.05, 0) is 19.1 Å². The second-order valence-corrected chi connectivity index (χ2v) is 4.62. The lowest BCUT2D eigenvalue weighted by atomic mass is 10.2. The molecule has 2 aromatic heterocycles. The van der Waals surface area contributed by atoms with Gasteiger partial charge in [0.1, 0.15) is 6.61 Å². The molecule has 21 heavy (non-hydrogen) atoms. The summed E-state index contributed by atoms with van der Waals surface area (Å²) in [5.74, 6) is 0.166. The summed E-state index contributed by atoms with van der Waals surface area (Å²) in [6, 6.07) is 7.72. The first-order valence-electron chi connectivity index (χ1n) is 6.61. The normalized spacial score (nSPS) is 11.1. The number of benzene rings is 1. The van der Waals surface area contributed by atoms with E-state index in [1.165, 1.54) is 6.20 Å². The maximum atomic E-state index is 12.1. The topological polar surface area (TPSA) is 65.7 Å². The number of aromatic nitrogens is 3. The van der Waals surface area contributed by atoms with Crippen LogP contribution in [0.15, 0.2) is 30.5 Å². The van der Waals surface area contributed by atoms with E-state index in [1.807, 2.05) is 35.6 Å². The fourth-order valence-corrected chi connectivity index (χ4v) is 2.26. The standard InChI is InChI=1S/C15H15N3O3/c1-10-11(14(19)21-8-7-20-2)9-16-15-17-12-5-3-4-6-13(12)18(10)15/h3-6,9H,7-8H2,1-2H3. The average Bonchev–Trinajstić information content (AvgIpc) is 2.87. The van der Waals surface area contributed by atoms with Gasteiger partial charge in [0.25, 0.3) is 0 Å². The van der Waals surface area contributed by atoms with Crippen LogP contribution in [0.3, 0.4) is 0 Å². The minimum atomic E-state index is -0.406. The van der Waals surface area contributed by atoms with Crippen molar-refractivity contribution < 1.29 is 14.3 Å². The highest BCUT2D eigenvalue weighted by Gasteiger charge is 2.16. The van der Waals surface area contributed by atoms with Gasteiger partial charge in [-0.3, -0.25) is 4.40 Å². The molecular formula is C15H15N3O3. The van der Waals surface area contributed by atoms with Crippen molar-refractivity contribution in [3.05, 3.63) is 41.7 Å². The fourth-order valence-electron chi connectivity index (χ4n) is 2.26. The number of nitrogens with zero attached hydrogens (tertiary/aromatic N) is 3. The number of carbonyl (C=O) groups is 1. The zero-order valence-corrected chi connectivity index (χ0v) is 11.9. The Kier molecular flexibility index (Phi) is 3.53. The van der Waals surface area contributed by atoms with Crippen LogP contribution in [0.4, 0.5) is 0 Å². The van der Waals surface area contributed by atoms with Crippen LogP contribution in [-0.4, -0.2) is 40.7 Å². The molecule has 0 fully saturated rings. The van der Waals surface area contributed by atoms with Gasteiger partial charge in [0.05, 0.1) is 23.2 Å². The number of esters is 1. The lowest BCUT2D eigenvalue weighted by Crippen LogP contribution is -2.13. The Labute approximate surface area is 121 Å². The monoisotopic (exact) mass is 285 g/mol. The maximum absolute atomic E-state index is 12.1. The summed E-state index contributed by atoms with van der Waals surface area (Å²) in [6.07, 6.45) is 1.51. The van der Waals surface area contributed by atoms with Crippen LogP contribution in [0, 0.1) is 6.92 Å². The fraction of sp³-hybridized carbons (Fsp3) is 0.267. The van der Waals surface area contributed by atoms with Crippen LogP contribution in [0.25, 0.3) is 16.8 Å². The number of rotatable bonds is 4. The molecule has 0 radical (unpaired) electrons. The Morgan fingerprint density at radius 2 is 2.10 bits per heavy atom. The van der Waals surface area contributed by atoms with Gasteiger partial charge in [-0.1, -0.05) is 12.1 Å². The van der Waals surface area contributed by atoms with E-state index in [4.69, 9.17) is 9.47 Å². The largest absolute Gasteiger partial charge is 0.460 e. The third kappa shape index (κ3) is 2.34. The summed E-state index contributed by atoms with van der Waals surface area (Å²) in [7, 11) is 1.56. The third-order valence-corrected chi connectivity index (χ3v) is 3.32. The van der Waals surface area contributed by atoms with Crippen LogP contribution in [0.2, 0.25) is 0 Å². The molecule has 0 N–H and O–H groups in total. The average molecular weight is 285 g/mol. The minimum absolute atomic E-state index is 0.220. The molecule has 0 spiro atoms. The number of imidazole rings is 1. The predicted molar refractivity (Wildman–Crippen MR) is 77.4 cm³/mol. The van der Waals surface area contributed by atoms with Crippen LogP contribution in [-0.2, 0) is 9.47 Å². The number of para-hydroxylation sites is 2. The van der Waals surface area contributed by atoms with Crippen LogP contribution in [0.1, 0.15) is 16.1 Å². The zero-order chi connectivity index (χ0) is 14.8. The molecule has 0 bridgehead atoms. The van der Waals surface area contributed by atoms with Gasteiger partial charge < -0.3 is 9.47 Å². The molecule has 6 heteroatoms. The summed E-state index contributed by atoms with van der Waals surface area (Å²) in [4.78, 5) is 20.8. The highest BCUT2D eigenvalue weighted by molar-refractivity contribution is 5.91. The molecule has 6 nitrogen and oxygen atoms in total. The Bertz CT molecular complexity index is 810. The molecule has 3 aromatic rings. The Balaban J connectivity index is 2.07. The van der Waals surface area contributed by atoms with E-state index in [1.54, 1.807) is 7.11 Å². The van der Waals surface area contributed by atoms with E-state index < -0.39 is 5.97 Å². The second kappa shape index (κ2) is 5.49. The predicted octanol–water partition coefficient (Wildman–Crippen LogP) is 1.99. The smallest absolute Gasteiger partial charge is 0.341 e. The molecule has 0 amide bonds. The number of aryl methyl sites for hydroxylation is 1. The Morgan fingerprint density at radius 3 is 2.90 bits per heavy atom. The Hall–Kier alpha value is -2.47. The molecule has 2 heterocycles. The summed E-state index contributed by atoms with van der Waals surface area (Å²) < 4.78 is 11.9. The second-order valence-electron chi connectivity index (χ2n) is 4.62. The van der Waals surface area contributed by atoms with Crippen molar-refractivity contribution >= 4 is 22.8 Å². The number of carbonyl (C=O) groups excluding carboxylic acids is 1. The van der Waals surface area contributed by atoms with Gasteiger partial charge >= 0.3 is 5.97 Å². The van der Waals surface area contributed by atoms with E-state index >= 15 is 0 Å². The van der Waals surface area contributed by atoms with E-state index in [9.17, 15) is 4.79 Å². The molecule has 0 aliphatic carbocycles. The van der Waals surface area contributed by atoms with Crippen LogP contribution in [0.5, 0.6) is 0 Å². The number of ether oxygens (including phenoxy) is 2. The number of hydrogen-bond donors (Lipinski definition) is 0. The van der Waals surface area contributed by atoms with E-state index in [2.05, 4.69) is 9.97 Å². The Morgan fingerprint density at radius 1 is 1.29 bits per heavy atom. The number of hydrogen-bond acceptors (Lipinski definition) is 5. The van der Waals surface area contributed by atoms with Crippen molar-refractivity contribution in [3.63, 3.8) is 0 Å². The van der Waals surface area contributed by atoms with Crippen LogP contribution >= 0.6 is 0 Å². The molecule has 0 saturated heterocycles. The quantitative estimate of drug-likeness (QED) is 0.542. The summed E-state index contributed by atoms with van der Waals surface area (Å²) in [5, 5.41) is 0. The van der Waals surface area contributed by atoms with Gasteiger partial charge in [-0.15, -0.1) is 0 Å². The number of methoxy groups -OCH3 is 1. The van der Waals surface area contributed by atoms with Crippen molar-refractivity contribution in [3.8, 4) is 0 Å². The van der Waals surface area contributed by atoms with Crippen molar-refractivity contribution in [1.29, 1.82) is 0 Å². The van der Waals surface area contributed by atoms with Gasteiger partial charge in [-0.2, -0.15) is 0 Å². The molecule has 3 rings (SSSR count). The number of fused-ring (bicyclic) bond motifs is 3. The summed E-state index contributed by atoms with van der Waals surface area (Å²) in [5.41, 5.74) is 2.96. The highest BCUT2D eigenvalue weighted by Crippen LogP contribution is 2.19. The molecule has 0 saturated carbocycles. The lowest BCUT2D eigenvalue weighted by molar-refractivity contribution is 0.0386. The molecule has 0 unspecified atom stereocenters. The van der Waals surface area contributed by atoms with Gasteiger partial charge in [-0.25, -0.2) is 14.8 Å². The lowest BCUT2D eigenvalue weighted by Gasteiger charge is -2.08. The molecule has 108 valence electrons. The van der Waals surface area contributed by atoms with Crippen molar-refractivity contribution in [2.45, 2.75) is 6.92 Å². The molecule has 1 aromatic carbocycles.